The highest BCUT2D eigenvalue weighted by atomic mass is 16.5. The van der Waals surface area contributed by atoms with Crippen LogP contribution in [0.25, 0.3) is 0 Å². The lowest BCUT2D eigenvalue weighted by molar-refractivity contribution is 0.319. The summed E-state index contributed by atoms with van der Waals surface area (Å²) in [6.07, 6.45) is 7.29. The molecule has 2 rings (SSSR count). The van der Waals surface area contributed by atoms with Crippen LogP contribution in [0.3, 0.4) is 0 Å². The van der Waals surface area contributed by atoms with E-state index in [0.717, 1.165) is 24.6 Å². The van der Waals surface area contributed by atoms with E-state index in [4.69, 9.17) is 10.3 Å². The number of aromatic nitrogens is 2. The highest BCUT2D eigenvalue weighted by Gasteiger charge is 2.24. The van der Waals surface area contributed by atoms with E-state index < -0.39 is 0 Å². The lowest BCUT2D eigenvalue weighted by Gasteiger charge is -2.23. The fourth-order valence-corrected chi connectivity index (χ4v) is 2.36. The molecule has 1 heterocycles. The van der Waals surface area contributed by atoms with Crippen molar-refractivity contribution in [2.24, 2.45) is 11.7 Å². The van der Waals surface area contributed by atoms with Crippen molar-refractivity contribution in [3.63, 3.8) is 0 Å². The van der Waals surface area contributed by atoms with Crippen molar-refractivity contribution in [3.8, 4) is 0 Å². The van der Waals surface area contributed by atoms with Crippen molar-refractivity contribution in [3.05, 3.63) is 24.4 Å². The van der Waals surface area contributed by atoms with Gasteiger partial charge in [-0.1, -0.05) is 31.0 Å². The Morgan fingerprint density at radius 2 is 2.18 bits per heavy atom. The summed E-state index contributed by atoms with van der Waals surface area (Å²) in [5.74, 6) is 2.67. The molecule has 1 aromatic rings. The quantitative estimate of drug-likeness (QED) is 0.815. The SMILES string of the molecule is C=CCC(N)c1nc(C2CCC(C)CC2)no1. The van der Waals surface area contributed by atoms with Crippen LogP contribution in [0.1, 0.15) is 62.7 Å². The van der Waals surface area contributed by atoms with Gasteiger partial charge in [0.15, 0.2) is 5.82 Å². The summed E-state index contributed by atoms with van der Waals surface area (Å²) in [6, 6.07) is -0.212. The number of hydrogen-bond acceptors (Lipinski definition) is 4. The molecular formula is C13H21N3O. The van der Waals surface area contributed by atoms with E-state index in [-0.39, 0.29) is 6.04 Å². The molecule has 4 nitrogen and oxygen atoms in total. The largest absolute Gasteiger partial charge is 0.338 e. The van der Waals surface area contributed by atoms with Crippen LogP contribution >= 0.6 is 0 Å². The fraction of sp³-hybridized carbons (Fsp3) is 0.692. The Hall–Kier alpha value is -1.16. The zero-order valence-electron chi connectivity index (χ0n) is 10.4. The summed E-state index contributed by atoms with van der Waals surface area (Å²) in [6.45, 7) is 5.96. The molecule has 1 saturated carbocycles. The molecule has 0 spiro atoms. The Morgan fingerprint density at radius 3 is 2.82 bits per heavy atom. The van der Waals surface area contributed by atoms with Crippen molar-refractivity contribution in [1.29, 1.82) is 0 Å². The first-order valence-electron chi connectivity index (χ1n) is 6.40. The Bertz CT molecular complexity index is 366. The maximum absolute atomic E-state index is 5.90. The fourth-order valence-electron chi connectivity index (χ4n) is 2.36. The smallest absolute Gasteiger partial charge is 0.243 e. The van der Waals surface area contributed by atoms with Crippen molar-refractivity contribution in [2.75, 3.05) is 0 Å². The Balaban J connectivity index is 2.00. The molecule has 0 amide bonds. The Kier molecular flexibility index (Phi) is 3.94. The van der Waals surface area contributed by atoms with Crippen LogP contribution in [0.2, 0.25) is 0 Å². The van der Waals surface area contributed by atoms with Gasteiger partial charge in [0.2, 0.25) is 5.89 Å². The second-order valence-corrected chi connectivity index (χ2v) is 5.08. The molecule has 17 heavy (non-hydrogen) atoms. The van der Waals surface area contributed by atoms with Crippen LogP contribution in [0.5, 0.6) is 0 Å². The maximum atomic E-state index is 5.90. The minimum Gasteiger partial charge on any atom is -0.338 e. The zero-order chi connectivity index (χ0) is 12.3. The molecule has 0 aliphatic heterocycles. The van der Waals surface area contributed by atoms with Gasteiger partial charge in [-0.2, -0.15) is 4.98 Å². The lowest BCUT2D eigenvalue weighted by Crippen LogP contribution is -2.13. The van der Waals surface area contributed by atoms with Gasteiger partial charge in [-0.05, 0) is 25.2 Å². The number of rotatable bonds is 4. The molecule has 0 aromatic carbocycles. The highest BCUT2D eigenvalue weighted by molar-refractivity contribution is 5.00. The monoisotopic (exact) mass is 235 g/mol. The van der Waals surface area contributed by atoms with E-state index in [1.165, 1.54) is 12.8 Å². The standard InChI is InChI=1S/C13H21N3O/c1-3-4-11(14)13-15-12(16-17-13)10-7-5-9(2)6-8-10/h3,9-11H,1,4-8,14H2,2H3. The first-order valence-corrected chi connectivity index (χ1v) is 6.40. The normalized spacial score (nSPS) is 26.7. The summed E-state index contributed by atoms with van der Waals surface area (Å²) in [5, 5.41) is 4.07. The summed E-state index contributed by atoms with van der Waals surface area (Å²) < 4.78 is 5.23. The van der Waals surface area contributed by atoms with Crippen LogP contribution in [0, 0.1) is 5.92 Å². The van der Waals surface area contributed by atoms with Crippen LogP contribution in [0.4, 0.5) is 0 Å². The van der Waals surface area contributed by atoms with Gasteiger partial charge in [0.25, 0.3) is 0 Å². The highest BCUT2D eigenvalue weighted by Crippen LogP contribution is 2.34. The van der Waals surface area contributed by atoms with E-state index in [9.17, 15) is 0 Å². The molecule has 4 heteroatoms. The first-order chi connectivity index (χ1) is 8.20. The molecule has 94 valence electrons. The van der Waals surface area contributed by atoms with Crippen LogP contribution in [-0.2, 0) is 0 Å². The third-order valence-electron chi connectivity index (χ3n) is 3.58. The maximum Gasteiger partial charge on any atom is 0.243 e. The van der Waals surface area contributed by atoms with Crippen molar-refractivity contribution < 1.29 is 4.52 Å². The molecule has 1 aliphatic carbocycles. The van der Waals surface area contributed by atoms with Gasteiger partial charge in [-0.15, -0.1) is 6.58 Å². The molecule has 0 saturated heterocycles. The average molecular weight is 235 g/mol. The van der Waals surface area contributed by atoms with Crippen LogP contribution in [-0.4, -0.2) is 10.1 Å². The van der Waals surface area contributed by atoms with E-state index in [1.54, 1.807) is 6.08 Å². The minimum atomic E-state index is -0.212. The number of nitrogens with zero attached hydrogens (tertiary/aromatic N) is 2. The molecule has 1 aliphatic rings. The summed E-state index contributed by atoms with van der Waals surface area (Å²) in [5.41, 5.74) is 5.90. The topological polar surface area (TPSA) is 64.9 Å². The van der Waals surface area contributed by atoms with Crippen molar-refractivity contribution in [1.82, 2.24) is 10.1 Å². The second kappa shape index (κ2) is 5.45. The van der Waals surface area contributed by atoms with Gasteiger partial charge >= 0.3 is 0 Å². The van der Waals surface area contributed by atoms with Gasteiger partial charge < -0.3 is 10.3 Å². The van der Waals surface area contributed by atoms with Crippen molar-refractivity contribution >= 4 is 0 Å². The van der Waals surface area contributed by atoms with Gasteiger partial charge in [-0.3, -0.25) is 0 Å². The molecule has 1 fully saturated rings. The molecule has 0 bridgehead atoms. The zero-order valence-corrected chi connectivity index (χ0v) is 10.4. The molecule has 2 N–H and O–H groups in total. The molecule has 1 atom stereocenters. The van der Waals surface area contributed by atoms with Gasteiger partial charge in [0, 0.05) is 5.92 Å². The molecule has 0 radical (unpaired) electrons. The van der Waals surface area contributed by atoms with Crippen LogP contribution < -0.4 is 5.73 Å². The summed E-state index contributed by atoms with van der Waals surface area (Å²) in [7, 11) is 0. The van der Waals surface area contributed by atoms with Crippen LogP contribution in [0.15, 0.2) is 17.2 Å². The summed E-state index contributed by atoms with van der Waals surface area (Å²) in [4.78, 5) is 4.43. The van der Waals surface area contributed by atoms with Gasteiger partial charge in [0.1, 0.15) is 0 Å². The number of hydrogen-bond donors (Lipinski definition) is 1. The van der Waals surface area contributed by atoms with E-state index >= 15 is 0 Å². The lowest BCUT2D eigenvalue weighted by atomic mass is 9.83. The molecule has 1 unspecified atom stereocenters. The predicted molar refractivity (Wildman–Crippen MR) is 66.4 cm³/mol. The third kappa shape index (κ3) is 2.94. The predicted octanol–water partition coefficient (Wildman–Crippen LogP) is 2.94. The Morgan fingerprint density at radius 1 is 1.47 bits per heavy atom. The Labute approximate surface area is 102 Å². The van der Waals surface area contributed by atoms with E-state index in [0.29, 0.717) is 18.2 Å². The van der Waals surface area contributed by atoms with Gasteiger partial charge in [0.05, 0.1) is 6.04 Å². The van der Waals surface area contributed by atoms with E-state index in [2.05, 4.69) is 23.6 Å². The van der Waals surface area contributed by atoms with Gasteiger partial charge in [-0.25, -0.2) is 0 Å². The van der Waals surface area contributed by atoms with Crippen molar-refractivity contribution in [2.45, 2.75) is 51.0 Å². The molecule has 1 aromatic heterocycles. The average Bonchev–Trinajstić information content (AvgIpc) is 2.80. The number of nitrogens with two attached hydrogens (primary N) is 1. The second-order valence-electron chi connectivity index (χ2n) is 5.08. The first kappa shape index (κ1) is 12.3. The van der Waals surface area contributed by atoms with E-state index in [1.807, 2.05) is 0 Å². The third-order valence-corrected chi connectivity index (χ3v) is 3.58. The summed E-state index contributed by atoms with van der Waals surface area (Å²) >= 11 is 0. The molecular weight excluding hydrogens is 214 g/mol. The minimum absolute atomic E-state index is 0.212.